The van der Waals surface area contributed by atoms with Crippen molar-refractivity contribution >= 4 is 17.2 Å². The van der Waals surface area contributed by atoms with Crippen LogP contribution in [0, 0.1) is 33.5 Å². The molecule has 152 valence electrons. The highest BCUT2D eigenvalue weighted by atomic mass is 19.1. The van der Waals surface area contributed by atoms with Gasteiger partial charge in [-0.15, -0.1) is 0 Å². The first-order chi connectivity index (χ1) is 13.7. The van der Waals surface area contributed by atoms with E-state index in [9.17, 15) is 14.3 Å². The minimum Gasteiger partial charge on any atom is -0.389 e. The van der Waals surface area contributed by atoms with Crippen LogP contribution in [0.15, 0.2) is 24.4 Å². The van der Waals surface area contributed by atoms with Crippen LogP contribution in [0.1, 0.15) is 38.4 Å². The first kappa shape index (κ1) is 19.4. The average Bonchev–Trinajstić information content (AvgIpc) is 2.92. The average molecular weight is 396 g/mol. The number of β-amino-alcohol motifs (C(OH)–C–C–N with tert-alkyl or cyclic N) is 1. The van der Waals surface area contributed by atoms with Crippen LogP contribution >= 0.6 is 0 Å². The first-order valence-electron chi connectivity index (χ1n) is 9.70. The minimum absolute atomic E-state index is 0.111. The highest BCUT2D eigenvalue weighted by molar-refractivity contribution is 5.96. The Kier molecular flexibility index (Phi) is 4.78. The number of hydrogen-bond donors (Lipinski definition) is 2. The summed E-state index contributed by atoms with van der Waals surface area (Å²) < 4.78 is 15.5. The fraction of sp³-hybridized carbons (Fsp3) is 0.364. The molecule has 2 aromatic heterocycles. The van der Waals surface area contributed by atoms with Crippen LogP contribution in [0.3, 0.4) is 0 Å². The van der Waals surface area contributed by atoms with Crippen LogP contribution in [0.2, 0.25) is 0 Å². The van der Waals surface area contributed by atoms with E-state index < -0.39 is 6.10 Å². The maximum absolute atomic E-state index is 13.6. The van der Waals surface area contributed by atoms with Gasteiger partial charge in [0, 0.05) is 31.5 Å². The van der Waals surface area contributed by atoms with E-state index in [2.05, 4.69) is 10.3 Å². The van der Waals surface area contributed by atoms with Crippen LogP contribution in [0.4, 0.5) is 10.1 Å². The van der Waals surface area contributed by atoms with Crippen molar-refractivity contribution in [3.63, 3.8) is 0 Å². The Morgan fingerprint density at radius 2 is 1.86 bits per heavy atom. The number of aromatic nitrogens is 2. The van der Waals surface area contributed by atoms with Gasteiger partial charge in [0.2, 0.25) is 0 Å². The second-order valence-corrected chi connectivity index (χ2v) is 7.85. The van der Waals surface area contributed by atoms with Gasteiger partial charge in [0.05, 0.1) is 23.0 Å². The van der Waals surface area contributed by atoms with Crippen LogP contribution in [-0.2, 0) is 6.54 Å². The van der Waals surface area contributed by atoms with E-state index in [0.29, 0.717) is 25.2 Å². The number of nitrogens with one attached hydrogen (secondary N) is 1. The molecule has 0 bridgehead atoms. The van der Waals surface area contributed by atoms with E-state index in [1.54, 1.807) is 11.1 Å². The Hall–Kier alpha value is -2.93. The van der Waals surface area contributed by atoms with E-state index in [0.717, 1.165) is 39.4 Å². The molecule has 1 aromatic carbocycles. The molecule has 1 fully saturated rings. The Morgan fingerprint density at radius 1 is 1.21 bits per heavy atom. The Labute approximate surface area is 169 Å². The molecule has 4 rings (SSSR count). The number of pyridine rings is 1. The maximum Gasteiger partial charge on any atom is 0.255 e. The standard InChI is InChI=1S/C22H25FN4O2/c1-12-5-17(23)6-13(2)19(12)8-24-20-7-16(22(29)26-10-18(28)11-26)9-27-15(4)14(3)25-21(20)27/h5-7,9,18,24,28H,8,10-11H2,1-4H3. The third-order valence-corrected chi connectivity index (χ3v) is 5.71. The number of fused-ring (bicyclic) bond motifs is 1. The Bertz CT molecular complexity index is 1090. The van der Waals surface area contributed by atoms with Gasteiger partial charge in [0.1, 0.15) is 5.82 Å². The van der Waals surface area contributed by atoms with Crippen molar-refractivity contribution in [2.24, 2.45) is 0 Å². The van der Waals surface area contributed by atoms with E-state index in [1.165, 1.54) is 12.1 Å². The molecule has 0 saturated carbocycles. The normalized spacial score (nSPS) is 14.3. The van der Waals surface area contributed by atoms with E-state index >= 15 is 0 Å². The topological polar surface area (TPSA) is 69.9 Å². The van der Waals surface area contributed by atoms with E-state index in [4.69, 9.17) is 0 Å². The molecule has 29 heavy (non-hydrogen) atoms. The smallest absolute Gasteiger partial charge is 0.255 e. The summed E-state index contributed by atoms with van der Waals surface area (Å²) in [4.78, 5) is 19.1. The lowest BCUT2D eigenvalue weighted by molar-refractivity contribution is 0.00586. The molecule has 1 amide bonds. The number of nitrogens with zero attached hydrogens (tertiary/aromatic N) is 3. The quantitative estimate of drug-likeness (QED) is 0.711. The number of rotatable bonds is 4. The third-order valence-electron chi connectivity index (χ3n) is 5.71. The van der Waals surface area contributed by atoms with Crippen molar-refractivity contribution < 1.29 is 14.3 Å². The highest BCUT2D eigenvalue weighted by Gasteiger charge is 2.30. The van der Waals surface area contributed by atoms with Gasteiger partial charge in [-0.2, -0.15) is 0 Å². The predicted molar refractivity (Wildman–Crippen MR) is 110 cm³/mol. The lowest BCUT2D eigenvalue weighted by atomic mass is 10.0. The third kappa shape index (κ3) is 3.46. The number of carbonyl (C=O) groups excluding carboxylic acids is 1. The lowest BCUT2D eigenvalue weighted by Crippen LogP contribution is -2.53. The van der Waals surface area contributed by atoms with Gasteiger partial charge < -0.3 is 19.7 Å². The summed E-state index contributed by atoms with van der Waals surface area (Å²) in [5, 5.41) is 12.9. The van der Waals surface area contributed by atoms with E-state index in [1.807, 2.05) is 38.2 Å². The molecule has 1 aliphatic heterocycles. The molecular formula is C22H25FN4O2. The molecule has 1 saturated heterocycles. The Balaban J connectivity index is 1.71. The molecular weight excluding hydrogens is 371 g/mol. The zero-order valence-corrected chi connectivity index (χ0v) is 17.1. The van der Waals surface area contributed by atoms with Gasteiger partial charge >= 0.3 is 0 Å². The zero-order valence-electron chi connectivity index (χ0n) is 17.1. The number of amides is 1. The summed E-state index contributed by atoms with van der Waals surface area (Å²) in [6.07, 6.45) is 1.36. The summed E-state index contributed by atoms with van der Waals surface area (Å²) in [5.74, 6) is -0.352. The summed E-state index contributed by atoms with van der Waals surface area (Å²) in [6.45, 7) is 8.90. The van der Waals surface area contributed by atoms with Crippen molar-refractivity contribution in [2.75, 3.05) is 18.4 Å². The van der Waals surface area contributed by atoms with Gasteiger partial charge in [-0.05, 0) is 62.6 Å². The molecule has 2 N–H and O–H groups in total. The Morgan fingerprint density at radius 3 is 2.48 bits per heavy atom. The number of carbonyl (C=O) groups is 1. The highest BCUT2D eigenvalue weighted by Crippen LogP contribution is 2.25. The minimum atomic E-state index is -0.443. The van der Waals surface area contributed by atoms with Crippen molar-refractivity contribution in [1.29, 1.82) is 0 Å². The number of halogens is 1. The predicted octanol–water partition coefficient (Wildman–Crippen LogP) is 3.14. The molecule has 6 nitrogen and oxygen atoms in total. The monoisotopic (exact) mass is 396 g/mol. The second-order valence-electron chi connectivity index (χ2n) is 7.85. The second kappa shape index (κ2) is 7.15. The molecule has 3 aromatic rings. The molecule has 3 heterocycles. The number of likely N-dealkylation sites (tertiary alicyclic amines) is 1. The van der Waals surface area contributed by atoms with Crippen molar-refractivity contribution in [1.82, 2.24) is 14.3 Å². The van der Waals surface area contributed by atoms with Gasteiger partial charge in [-0.25, -0.2) is 9.37 Å². The van der Waals surface area contributed by atoms with Crippen molar-refractivity contribution in [3.8, 4) is 0 Å². The summed E-state index contributed by atoms with van der Waals surface area (Å²) in [7, 11) is 0. The molecule has 0 unspecified atom stereocenters. The molecule has 0 spiro atoms. The lowest BCUT2D eigenvalue weighted by Gasteiger charge is -2.35. The fourth-order valence-corrected chi connectivity index (χ4v) is 3.82. The SMILES string of the molecule is Cc1cc(F)cc(C)c1CNc1cc(C(=O)N2CC(O)C2)cn2c(C)c(C)nc12. The van der Waals surface area contributed by atoms with Gasteiger partial charge in [-0.3, -0.25) is 4.79 Å². The number of benzene rings is 1. The van der Waals surface area contributed by atoms with Crippen LogP contribution in [0.5, 0.6) is 0 Å². The van der Waals surface area contributed by atoms with Crippen LogP contribution < -0.4 is 5.32 Å². The number of hydrogen-bond acceptors (Lipinski definition) is 4. The number of aryl methyl sites for hydroxylation is 4. The van der Waals surface area contributed by atoms with Gasteiger partial charge in [0.25, 0.3) is 5.91 Å². The first-order valence-corrected chi connectivity index (χ1v) is 9.70. The number of aliphatic hydroxyl groups is 1. The number of aliphatic hydroxyl groups excluding tert-OH is 1. The summed E-state index contributed by atoms with van der Waals surface area (Å²) in [6, 6.07) is 4.86. The fourth-order valence-electron chi connectivity index (χ4n) is 3.82. The summed E-state index contributed by atoms with van der Waals surface area (Å²) in [5.41, 5.74) is 6.68. The molecule has 1 aliphatic rings. The van der Waals surface area contributed by atoms with Gasteiger partial charge in [-0.1, -0.05) is 0 Å². The molecule has 0 radical (unpaired) electrons. The van der Waals surface area contributed by atoms with Crippen molar-refractivity contribution in [3.05, 3.63) is 63.9 Å². The van der Waals surface area contributed by atoms with Crippen LogP contribution in [0.25, 0.3) is 5.65 Å². The van der Waals surface area contributed by atoms with Crippen molar-refractivity contribution in [2.45, 2.75) is 40.3 Å². The van der Waals surface area contributed by atoms with E-state index in [-0.39, 0.29) is 11.7 Å². The maximum atomic E-state index is 13.6. The van der Waals surface area contributed by atoms with Crippen LogP contribution in [-0.4, -0.2) is 44.5 Å². The van der Waals surface area contributed by atoms with Gasteiger partial charge in [0.15, 0.2) is 5.65 Å². The zero-order chi connectivity index (χ0) is 20.9. The summed E-state index contributed by atoms with van der Waals surface area (Å²) >= 11 is 0. The largest absolute Gasteiger partial charge is 0.389 e. The number of anilines is 1. The molecule has 7 heteroatoms. The molecule has 0 atom stereocenters. The molecule has 0 aliphatic carbocycles. The number of imidazole rings is 1.